The molecule has 1 aromatic carbocycles. The normalized spacial score (nSPS) is 17.6. The molecule has 3 heteroatoms. The van der Waals surface area contributed by atoms with Crippen LogP contribution in [0.15, 0.2) is 18.2 Å². The molecular formula is C13H18FNS. The molecule has 0 amide bonds. The minimum Gasteiger partial charge on any atom is -0.398 e. The van der Waals surface area contributed by atoms with Gasteiger partial charge in [-0.2, -0.15) is 11.8 Å². The lowest BCUT2D eigenvalue weighted by atomic mass is 10.0. The van der Waals surface area contributed by atoms with Crippen molar-refractivity contribution >= 4 is 17.4 Å². The molecule has 2 rings (SSSR count). The van der Waals surface area contributed by atoms with Gasteiger partial charge in [0.2, 0.25) is 0 Å². The van der Waals surface area contributed by atoms with Gasteiger partial charge in [-0.05, 0) is 36.6 Å². The molecule has 0 saturated heterocycles. The van der Waals surface area contributed by atoms with E-state index in [2.05, 4.69) is 0 Å². The zero-order chi connectivity index (χ0) is 11.4. The Balaban J connectivity index is 1.90. The van der Waals surface area contributed by atoms with Crippen LogP contribution in [0.2, 0.25) is 0 Å². The van der Waals surface area contributed by atoms with Crippen LogP contribution in [0.25, 0.3) is 0 Å². The molecule has 1 aliphatic carbocycles. The summed E-state index contributed by atoms with van der Waals surface area (Å²) in [6.07, 6.45) is 6.67. The van der Waals surface area contributed by atoms with Gasteiger partial charge in [-0.15, -0.1) is 0 Å². The molecule has 1 fully saturated rings. The molecule has 1 aliphatic rings. The Bertz CT molecular complexity index is 348. The predicted molar refractivity (Wildman–Crippen MR) is 69.0 cm³/mol. The minimum atomic E-state index is -0.187. The number of nitrogen functional groups attached to an aromatic ring is 1. The standard InChI is InChI=1S/C13H18FNS/c14-11-6-7-13(15)10(8-11)9-16-12-4-2-1-3-5-12/h6-8,12H,1-5,9,15H2. The van der Waals surface area contributed by atoms with Crippen LogP contribution in [-0.4, -0.2) is 5.25 Å². The number of nitrogens with two attached hydrogens (primary N) is 1. The molecule has 88 valence electrons. The van der Waals surface area contributed by atoms with E-state index < -0.39 is 0 Å². The molecular weight excluding hydrogens is 221 g/mol. The molecule has 1 aromatic rings. The van der Waals surface area contributed by atoms with Gasteiger partial charge in [0, 0.05) is 16.7 Å². The average molecular weight is 239 g/mol. The molecule has 0 aromatic heterocycles. The van der Waals surface area contributed by atoms with Crippen molar-refractivity contribution in [2.75, 3.05) is 5.73 Å². The molecule has 0 aliphatic heterocycles. The van der Waals surface area contributed by atoms with Crippen LogP contribution in [0, 0.1) is 5.82 Å². The number of halogens is 1. The first-order chi connectivity index (χ1) is 7.75. The molecule has 0 spiro atoms. The second kappa shape index (κ2) is 5.58. The highest BCUT2D eigenvalue weighted by Crippen LogP contribution is 2.31. The first-order valence-corrected chi connectivity index (χ1v) is 6.96. The number of anilines is 1. The molecule has 1 saturated carbocycles. The molecule has 2 N–H and O–H groups in total. The summed E-state index contributed by atoms with van der Waals surface area (Å²) in [5.41, 5.74) is 7.48. The maximum atomic E-state index is 13.0. The van der Waals surface area contributed by atoms with Crippen molar-refractivity contribution in [3.63, 3.8) is 0 Å². The van der Waals surface area contributed by atoms with Gasteiger partial charge in [-0.3, -0.25) is 0 Å². The summed E-state index contributed by atoms with van der Waals surface area (Å²) in [5, 5.41) is 0.747. The van der Waals surface area contributed by atoms with E-state index in [4.69, 9.17) is 5.73 Å². The van der Waals surface area contributed by atoms with Gasteiger partial charge in [-0.25, -0.2) is 4.39 Å². The van der Waals surface area contributed by atoms with Gasteiger partial charge in [-0.1, -0.05) is 19.3 Å². The fourth-order valence-corrected chi connectivity index (χ4v) is 3.47. The van der Waals surface area contributed by atoms with Crippen molar-refractivity contribution in [2.24, 2.45) is 0 Å². The molecule has 0 bridgehead atoms. The maximum absolute atomic E-state index is 13.0. The fraction of sp³-hybridized carbons (Fsp3) is 0.538. The summed E-state index contributed by atoms with van der Waals surface area (Å²) in [5.74, 6) is 0.655. The van der Waals surface area contributed by atoms with Crippen LogP contribution >= 0.6 is 11.8 Å². The smallest absolute Gasteiger partial charge is 0.123 e. The van der Waals surface area contributed by atoms with Crippen LogP contribution in [0.1, 0.15) is 37.7 Å². The number of hydrogen-bond donors (Lipinski definition) is 1. The molecule has 0 atom stereocenters. The second-order valence-electron chi connectivity index (χ2n) is 4.41. The molecule has 16 heavy (non-hydrogen) atoms. The van der Waals surface area contributed by atoms with Crippen molar-refractivity contribution in [3.8, 4) is 0 Å². The lowest BCUT2D eigenvalue weighted by Gasteiger charge is -2.21. The van der Waals surface area contributed by atoms with Crippen molar-refractivity contribution < 1.29 is 4.39 Å². The Labute approximate surface area is 101 Å². The first kappa shape index (κ1) is 11.8. The Morgan fingerprint density at radius 2 is 2.00 bits per heavy atom. The van der Waals surface area contributed by atoms with Gasteiger partial charge < -0.3 is 5.73 Å². The van der Waals surface area contributed by atoms with Gasteiger partial charge in [0.1, 0.15) is 5.82 Å². The molecule has 0 unspecified atom stereocenters. The van der Waals surface area contributed by atoms with Crippen molar-refractivity contribution in [2.45, 2.75) is 43.1 Å². The lowest BCUT2D eigenvalue weighted by Crippen LogP contribution is -2.08. The maximum Gasteiger partial charge on any atom is 0.123 e. The Kier molecular flexibility index (Phi) is 4.10. The summed E-state index contributed by atoms with van der Waals surface area (Å²) in [6, 6.07) is 4.64. The van der Waals surface area contributed by atoms with Gasteiger partial charge >= 0.3 is 0 Å². The fourth-order valence-electron chi connectivity index (χ4n) is 2.14. The van der Waals surface area contributed by atoms with E-state index in [0.29, 0.717) is 5.69 Å². The average Bonchev–Trinajstić information content (AvgIpc) is 2.32. The van der Waals surface area contributed by atoms with Crippen LogP contribution in [0.5, 0.6) is 0 Å². The van der Waals surface area contributed by atoms with Crippen LogP contribution in [0.4, 0.5) is 10.1 Å². The highest BCUT2D eigenvalue weighted by molar-refractivity contribution is 7.99. The number of benzene rings is 1. The monoisotopic (exact) mass is 239 g/mol. The summed E-state index contributed by atoms with van der Waals surface area (Å²) >= 11 is 1.93. The summed E-state index contributed by atoms with van der Waals surface area (Å²) < 4.78 is 13.0. The predicted octanol–water partition coefficient (Wildman–Crippen LogP) is 3.97. The third kappa shape index (κ3) is 3.14. The number of rotatable bonds is 3. The minimum absolute atomic E-state index is 0.187. The Hall–Kier alpha value is -0.700. The van der Waals surface area contributed by atoms with Gasteiger partial charge in [0.25, 0.3) is 0 Å². The molecule has 0 radical (unpaired) electrons. The van der Waals surface area contributed by atoms with E-state index in [1.165, 1.54) is 38.2 Å². The van der Waals surface area contributed by atoms with Gasteiger partial charge in [0.15, 0.2) is 0 Å². The third-order valence-electron chi connectivity index (χ3n) is 3.13. The van der Waals surface area contributed by atoms with E-state index in [9.17, 15) is 4.39 Å². The second-order valence-corrected chi connectivity index (χ2v) is 5.70. The van der Waals surface area contributed by atoms with E-state index in [0.717, 1.165) is 16.6 Å². The van der Waals surface area contributed by atoms with Crippen LogP contribution < -0.4 is 5.73 Å². The largest absolute Gasteiger partial charge is 0.398 e. The zero-order valence-electron chi connectivity index (χ0n) is 9.42. The van der Waals surface area contributed by atoms with Crippen LogP contribution in [0.3, 0.4) is 0 Å². The lowest BCUT2D eigenvalue weighted by molar-refractivity contribution is 0.516. The van der Waals surface area contributed by atoms with Crippen molar-refractivity contribution in [1.82, 2.24) is 0 Å². The Morgan fingerprint density at radius 3 is 2.75 bits per heavy atom. The SMILES string of the molecule is Nc1ccc(F)cc1CSC1CCCCC1. The van der Waals surface area contributed by atoms with Gasteiger partial charge in [0.05, 0.1) is 0 Å². The summed E-state index contributed by atoms with van der Waals surface area (Å²) in [6.45, 7) is 0. The number of hydrogen-bond acceptors (Lipinski definition) is 2. The Morgan fingerprint density at radius 1 is 1.25 bits per heavy atom. The topological polar surface area (TPSA) is 26.0 Å². The van der Waals surface area contributed by atoms with Crippen LogP contribution in [-0.2, 0) is 5.75 Å². The van der Waals surface area contributed by atoms with E-state index in [1.807, 2.05) is 11.8 Å². The zero-order valence-corrected chi connectivity index (χ0v) is 10.2. The summed E-state index contributed by atoms with van der Waals surface area (Å²) in [7, 11) is 0. The van der Waals surface area contributed by atoms with Crippen molar-refractivity contribution in [1.29, 1.82) is 0 Å². The van der Waals surface area contributed by atoms with E-state index in [-0.39, 0.29) is 5.82 Å². The summed E-state index contributed by atoms with van der Waals surface area (Å²) in [4.78, 5) is 0. The van der Waals surface area contributed by atoms with E-state index in [1.54, 1.807) is 12.1 Å². The third-order valence-corrected chi connectivity index (χ3v) is 4.55. The number of thioether (sulfide) groups is 1. The molecule has 0 heterocycles. The van der Waals surface area contributed by atoms with Crippen molar-refractivity contribution in [3.05, 3.63) is 29.6 Å². The highest BCUT2D eigenvalue weighted by Gasteiger charge is 2.14. The highest BCUT2D eigenvalue weighted by atomic mass is 32.2. The van der Waals surface area contributed by atoms with E-state index >= 15 is 0 Å². The first-order valence-electron chi connectivity index (χ1n) is 5.91. The quantitative estimate of drug-likeness (QED) is 0.808. The molecule has 1 nitrogen and oxygen atoms in total.